The molecule has 2 aliphatic heterocycles. The minimum atomic E-state index is 0.428. The predicted octanol–water partition coefficient (Wildman–Crippen LogP) is 3.07. The third-order valence-corrected chi connectivity index (χ3v) is 4.88. The van der Waals surface area contributed by atoms with Gasteiger partial charge in [-0.25, -0.2) is 4.98 Å². The molecule has 0 N–H and O–H groups in total. The number of hydrogen-bond donors (Lipinski definition) is 0. The largest absolute Gasteiger partial charge is 0.488 e. The number of nitrogens with zero attached hydrogens (tertiary/aromatic N) is 3. The van der Waals surface area contributed by atoms with E-state index in [4.69, 9.17) is 27.9 Å². The minimum Gasteiger partial charge on any atom is -0.488 e. The van der Waals surface area contributed by atoms with Crippen LogP contribution in [0.2, 0.25) is 10.0 Å². The predicted molar refractivity (Wildman–Crippen MR) is 82.2 cm³/mol. The van der Waals surface area contributed by atoms with Gasteiger partial charge in [-0.1, -0.05) is 23.2 Å². The maximum absolute atomic E-state index is 6.26. The van der Waals surface area contributed by atoms with E-state index >= 15 is 0 Å². The van der Waals surface area contributed by atoms with Gasteiger partial charge in [0.2, 0.25) is 0 Å². The van der Waals surface area contributed by atoms with Crippen molar-refractivity contribution in [1.29, 1.82) is 0 Å². The Morgan fingerprint density at radius 3 is 2.90 bits per heavy atom. The average Bonchev–Trinajstić information content (AvgIpc) is 2.61. The first kappa shape index (κ1) is 14.2. The van der Waals surface area contributed by atoms with Gasteiger partial charge in [-0.15, -0.1) is 0 Å². The molecule has 0 radical (unpaired) electrons. The third-order valence-electron chi connectivity index (χ3n) is 4.13. The molecular weight excluding hydrogens is 297 g/mol. The molecule has 3 heterocycles. The molecule has 1 unspecified atom stereocenters. The molecule has 1 saturated heterocycles. The van der Waals surface area contributed by atoms with E-state index in [1.807, 2.05) is 0 Å². The Balaban J connectivity index is 1.93. The molecule has 20 heavy (non-hydrogen) atoms. The van der Waals surface area contributed by atoms with Gasteiger partial charge in [0.1, 0.15) is 5.02 Å². The number of halogens is 2. The molecule has 6 heteroatoms. The lowest BCUT2D eigenvalue weighted by Gasteiger charge is -2.42. The quantitative estimate of drug-likeness (QED) is 0.796. The molecule has 4 nitrogen and oxygen atoms in total. The molecule has 1 aromatic heterocycles. The molecule has 0 aromatic carbocycles. The fourth-order valence-electron chi connectivity index (χ4n) is 2.94. The maximum atomic E-state index is 6.26. The number of hydrogen-bond acceptors (Lipinski definition) is 4. The van der Waals surface area contributed by atoms with Gasteiger partial charge in [0.25, 0.3) is 0 Å². The van der Waals surface area contributed by atoms with Crippen LogP contribution in [0, 0.1) is 0 Å². The summed E-state index contributed by atoms with van der Waals surface area (Å²) < 4.78 is 5.81. The third kappa shape index (κ3) is 2.45. The summed E-state index contributed by atoms with van der Waals surface area (Å²) in [4.78, 5) is 9.29. The summed E-state index contributed by atoms with van der Waals surface area (Å²) >= 11 is 12.3. The molecule has 0 saturated carbocycles. The van der Waals surface area contributed by atoms with Gasteiger partial charge in [-0.05, 0) is 13.8 Å². The van der Waals surface area contributed by atoms with Crippen molar-refractivity contribution in [2.75, 3.05) is 31.1 Å². The monoisotopic (exact) mass is 315 g/mol. The van der Waals surface area contributed by atoms with Crippen LogP contribution in [0.3, 0.4) is 0 Å². The minimum absolute atomic E-state index is 0.428. The van der Waals surface area contributed by atoms with E-state index in [1.54, 1.807) is 6.20 Å². The first-order valence-electron chi connectivity index (χ1n) is 7.05. The fraction of sp³-hybridized carbons (Fsp3) is 0.643. The Kier molecular flexibility index (Phi) is 3.98. The Hall–Kier alpha value is -0.710. The van der Waals surface area contributed by atoms with Crippen LogP contribution in [0.1, 0.15) is 20.3 Å². The van der Waals surface area contributed by atoms with Crippen molar-refractivity contribution in [2.24, 2.45) is 0 Å². The summed E-state index contributed by atoms with van der Waals surface area (Å²) in [6.07, 6.45) is 2.59. The van der Waals surface area contributed by atoms with E-state index < -0.39 is 0 Å². The molecule has 2 aliphatic rings. The van der Waals surface area contributed by atoms with Gasteiger partial charge in [-0.3, -0.25) is 4.90 Å². The SMILES string of the molecule is CC(C)N1CCN2c3ncc(Cl)c(Cl)c3OCCC2C1. The standard InChI is InChI=1S/C14H19Cl2N3O/c1-9(2)18-4-5-19-10(8-18)3-6-20-13-12(16)11(15)7-17-14(13)19/h7,9-10H,3-6,8H2,1-2H3. The topological polar surface area (TPSA) is 28.6 Å². The van der Waals surface area contributed by atoms with E-state index in [9.17, 15) is 0 Å². The highest BCUT2D eigenvalue weighted by Crippen LogP contribution is 2.41. The summed E-state index contributed by atoms with van der Waals surface area (Å²) in [5.41, 5.74) is 0. The van der Waals surface area contributed by atoms with E-state index in [0.29, 0.717) is 34.5 Å². The molecule has 0 aliphatic carbocycles. The van der Waals surface area contributed by atoms with Crippen molar-refractivity contribution in [2.45, 2.75) is 32.4 Å². The van der Waals surface area contributed by atoms with Crippen LogP contribution < -0.4 is 9.64 Å². The van der Waals surface area contributed by atoms with Gasteiger partial charge in [-0.2, -0.15) is 0 Å². The Bertz CT molecular complexity index is 509. The second-order valence-corrected chi connectivity index (χ2v) is 6.43. The molecule has 110 valence electrons. The lowest BCUT2D eigenvalue weighted by Crippen LogP contribution is -2.55. The van der Waals surface area contributed by atoms with Crippen molar-refractivity contribution in [1.82, 2.24) is 9.88 Å². The summed E-state index contributed by atoms with van der Waals surface area (Å²) in [6, 6.07) is 1.000. The first-order chi connectivity index (χ1) is 9.58. The van der Waals surface area contributed by atoms with Crippen molar-refractivity contribution in [3.63, 3.8) is 0 Å². The van der Waals surface area contributed by atoms with Crippen LogP contribution in [-0.2, 0) is 0 Å². The van der Waals surface area contributed by atoms with Crippen molar-refractivity contribution in [3.8, 4) is 5.75 Å². The van der Waals surface area contributed by atoms with Gasteiger partial charge in [0.15, 0.2) is 11.6 Å². The van der Waals surface area contributed by atoms with E-state index in [1.165, 1.54) is 0 Å². The molecule has 0 amide bonds. The van der Waals surface area contributed by atoms with E-state index in [-0.39, 0.29) is 0 Å². The van der Waals surface area contributed by atoms with Crippen LogP contribution in [0.15, 0.2) is 6.20 Å². The second kappa shape index (κ2) is 5.58. The van der Waals surface area contributed by atoms with Crippen molar-refractivity contribution < 1.29 is 4.74 Å². The zero-order valence-corrected chi connectivity index (χ0v) is 13.3. The van der Waals surface area contributed by atoms with Gasteiger partial charge in [0, 0.05) is 44.3 Å². The number of ether oxygens (including phenoxy) is 1. The molecule has 1 atom stereocenters. The number of pyridine rings is 1. The maximum Gasteiger partial charge on any atom is 0.181 e. The smallest absolute Gasteiger partial charge is 0.181 e. The molecule has 1 fully saturated rings. The molecule has 3 rings (SSSR count). The number of anilines is 1. The highest BCUT2D eigenvalue weighted by atomic mass is 35.5. The average molecular weight is 316 g/mol. The lowest BCUT2D eigenvalue weighted by molar-refractivity contribution is 0.172. The van der Waals surface area contributed by atoms with Gasteiger partial charge in [0.05, 0.1) is 11.6 Å². The second-order valence-electron chi connectivity index (χ2n) is 5.65. The van der Waals surface area contributed by atoms with E-state index in [0.717, 1.165) is 31.9 Å². The Labute approximate surface area is 129 Å². The van der Waals surface area contributed by atoms with Crippen LogP contribution in [-0.4, -0.2) is 48.2 Å². The molecule has 1 aromatic rings. The highest BCUT2D eigenvalue weighted by molar-refractivity contribution is 6.43. The van der Waals surface area contributed by atoms with Gasteiger partial charge >= 0.3 is 0 Å². The van der Waals surface area contributed by atoms with Crippen molar-refractivity contribution in [3.05, 3.63) is 16.2 Å². The van der Waals surface area contributed by atoms with Crippen LogP contribution in [0.5, 0.6) is 5.75 Å². The fourth-order valence-corrected chi connectivity index (χ4v) is 3.27. The lowest BCUT2D eigenvalue weighted by atomic mass is 10.1. The normalized spacial score (nSPS) is 23.1. The van der Waals surface area contributed by atoms with Crippen LogP contribution in [0.25, 0.3) is 0 Å². The zero-order valence-electron chi connectivity index (χ0n) is 11.8. The Morgan fingerprint density at radius 2 is 2.15 bits per heavy atom. The number of aromatic nitrogens is 1. The Morgan fingerprint density at radius 1 is 1.35 bits per heavy atom. The van der Waals surface area contributed by atoms with Crippen molar-refractivity contribution >= 4 is 29.0 Å². The first-order valence-corrected chi connectivity index (χ1v) is 7.81. The molecule has 0 bridgehead atoms. The van der Waals surface area contributed by atoms with Gasteiger partial charge < -0.3 is 9.64 Å². The van der Waals surface area contributed by atoms with Crippen LogP contribution >= 0.6 is 23.2 Å². The number of rotatable bonds is 1. The number of piperazine rings is 1. The summed E-state index contributed by atoms with van der Waals surface area (Å²) in [7, 11) is 0. The zero-order chi connectivity index (χ0) is 14.3. The number of fused-ring (bicyclic) bond motifs is 3. The summed E-state index contributed by atoms with van der Waals surface area (Å²) in [6.45, 7) is 8.17. The summed E-state index contributed by atoms with van der Waals surface area (Å²) in [5, 5.41) is 0.924. The molecule has 0 spiro atoms. The summed E-state index contributed by atoms with van der Waals surface area (Å²) in [5.74, 6) is 1.48. The highest BCUT2D eigenvalue weighted by Gasteiger charge is 2.33. The van der Waals surface area contributed by atoms with Crippen LogP contribution in [0.4, 0.5) is 5.82 Å². The van der Waals surface area contributed by atoms with E-state index in [2.05, 4.69) is 28.6 Å². The molecular formula is C14H19Cl2N3O.